The molecular weight excluding hydrogens is 775 g/mol. The number of benzene rings is 2. The van der Waals surface area contributed by atoms with Gasteiger partial charge in [0, 0.05) is 66.6 Å². The Hall–Kier alpha value is -5.67. The number of rotatable bonds is 25. The number of hydrogen-bond donors (Lipinski definition) is 7. The predicted octanol–water partition coefficient (Wildman–Crippen LogP) is 4.05. The van der Waals surface area contributed by atoms with E-state index in [0.717, 1.165) is 54.1 Å². The number of imidazole rings is 1. The highest BCUT2D eigenvalue weighted by atomic mass is 16.2. The minimum atomic E-state index is -1.01. The van der Waals surface area contributed by atoms with Crippen molar-refractivity contribution in [2.45, 2.75) is 109 Å². The zero-order valence-corrected chi connectivity index (χ0v) is 35.3. The second-order valence-electron chi connectivity index (χ2n) is 16.6. The molecule has 0 saturated heterocycles. The summed E-state index contributed by atoms with van der Waals surface area (Å²) in [6.07, 6.45) is 11.9. The molecule has 0 spiro atoms. The predicted molar refractivity (Wildman–Crippen MR) is 234 cm³/mol. The van der Waals surface area contributed by atoms with Crippen LogP contribution < -0.4 is 27.8 Å². The largest absolute Gasteiger partial charge is 0.369 e. The molecule has 5 atom stereocenters. The van der Waals surface area contributed by atoms with E-state index < -0.39 is 53.6 Å². The number of aromatic nitrogens is 3. The van der Waals surface area contributed by atoms with Gasteiger partial charge in [-0.25, -0.2) is 9.78 Å². The molecule has 15 nitrogen and oxygen atoms in total. The zero-order valence-electron chi connectivity index (χ0n) is 35.3. The van der Waals surface area contributed by atoms with Crippen molar-refractivity contribution >= 4 is 46.1 Å². The van der Waals surface area contributed by atoms with Gasteiger partial charge in [-0.1, -0.05) is 74.2 Å². The molecule has 1 saturated carbocycles. The summed E-state index contributed by atoms with van der Waals surface area (Å²) in [6.45, 7) is 2.15. The standard InChI is InChI=1S/C46H63N9O6/c1-30(53-46(61)55(27-32-14-6-3-7-15-32)28-43(58)38(48)24-36-26-50-29-52-36)41(56)23-34(21-35-25-51-39-18-9-8-17-37(35)39)45(60)54-40(20-31-12-4-2-5-13-31)42(57)22-33(44(49)59)16-10-11-19-47/h2,4-5,8-9,12-13,17-18,25-26,29-30,32-34,38,40,51H,3,6-7,10-11,14-16,19-24,27-28,47-48H2,1H3,(H2,49,59)(H,50,52)(H,53,61)(H,54,60)/t30-,33+,34+,38-,40+/m0/s1. The van der Waals surface area contributed by atoms with E-state index in [2.05, 4.69) is 25.6 Å². The number of nitrogens with one attached hydrogen (secondary N) is 4. The van der Waals surface area contributed by atoms with Crippen molar-refractivity contribution in [3.8, 4) is 0 Å². The molecule has 10 N–H and O–H groups in total. The number of primary amides is 1. The first kappa shape index (κ1) is 46.4. The number of urea groups is 1. The zero-order chi connectivity index (χ0) is 43.7. The van der Waals surface area contributed by atoms with Gasteiger partial charge in [-0.3, -0.25) is 24.0 Å². The first-order valence-electron chi connectivity index (χ1n) is 21.7. The summed E-state index contributed by atoms with van der Waals surface area (Å²) in [5.74, 6) is -3.60. The topological polar surface area (TPSA) is 252 Å². The average molecular weight is 838 g/mol. The van der Waals surface area contributed by atoms with E-state index in [4.69, 9.17) is 17.2 Å². The van der Waals surface area contributed by atoms with Crippen molar-refractivity contribution in [2.24, 2.45) is 35.0 Å². The Bertz CT molecular complexity index is 2050. The van der Waals surface area contributed by atoms with Gasteiger partial charge < -0.3 is 42.7 Å². The number of nitrogens with two attached hydrogens (primary N) is 3. The van der Waals surface area contributed by atoms with E-state index in [1.54, 1.807) is 13.1 Å². The molecule has 2 aromatic heterocycles. The van der Waals surface area contributed by atoms with Crippen LogP contribution in [0.15, 0.2) is 73.3 Å². The van der Waals surface area contributed by atoms with E-state index in [-0.39, 0.29) is 56.1 Å². The monoisotopic (exact) mass is 837 g/mol. The normalized spacial score (nSPS) is 15.6. The summed E-state index contributed by atoms with van der Waals surface area (Å²) in [7, 11) is 0. The fourth-order valence-corrected chi connectivity index (χ4v) is 8.20. The molecule has 2 heterocycles. The molecule has 0 bridgehead atoms. The number of amides is 4. The molecule has 4 aromatic rings. The van der Waals surface area contributed by atoms with Gasteiger partial charge in [-0.2, -0.15) is 0 Å². The van der Waals surface area contributed by atoms with Crippen molar-refractivity contribution in [2.75, 3.05) is 19.6 Å². The molecule has 1 fully saturated rings. The molecule has 1 aliphatic rings. The highest BCUT2D eigenvalue weighted by Gasteiger charge is 2.33. The smallest absolute Gasteiger partial charge is 0.318 e. The van der Waals surface area contributed by atoms with Gasteiger partial charge in [0.25, 0.3) is 0 Å². The summed E-state index contributed by atoms with van der Waals surface area (Å²) in [5.41, 5.74) is 20.8. The van der Waals surface area contributed by atoms with E-state index in [1.165, 1.54) is 11.2 Å². The minimum absolute atomic E-state index is 0.152. The highest BCUT2D eigenvalue weighted by Crippen LogP contribution is 2.26. The van der Waals surface area contributed by atoms with Crippen LogP contribution in [0.2, 0.25) is 0 Å². The van der Waals surface area contributed by atoms with Crippen molar-refractivity contribution in [1.29, 1.82) is 0 Å². The van der Waals surface area contributed by atoms with E-state index >= 15 is 0 Å². The quantitative estimate of drug-likeness (QED) is 0.0475. The molecule has 1 aliphatic carbocycles. The maximum atomic E-state index is 14.5. The van der Waals surface area contributed by atoms with Crippen LogP contribution in [0, 0.1) is 17.8 Å². The summed E-state index contributed by atoms with van der Waals surface area (Å²) >= 11 is 0. The molecule has 15 heteroatoms. The molecule has 4 amide bonds. The first-order valence-corrected chi connectivity index (χ1v) is 21.7. The van der Waals surface area contributed by atoms with Crippen molar-refractivity contribution in [1.82, 2.24) is 30.5 Å². The van der Waals surface area contributed by atoms with Gasteiger partial charge >= 0.3 is 6.03 Å². The Labute approximate surface area is 357 Å². The van der Waals surface area contributed by atoms with Crippen LogP contribution >= 0.6 is 0 Å². The summed E-state index contributed by atoms with van der Waals surface area (Å²) in [5, 5.41) is 6.67. The molecular formula is C46H63N9O6. The number of unbranched alkanes of at least 4 members (excludes halogenated alkanes) is 1. The number of ketones is 3. The Morgan fingerprint density at radius 1 is 0.836 bits per heavy atom. The number of para-hydroxylation sites is 1. The Balaban J connectivity index is 1.34. The number of H-pyrrole nitrogens is 2. The third kappa shape index (κ3) is 14.2. The third-order valence-electron chi connectivity index (χ3n) is 11.9. The van der Waals surface area contributed by atoms with Gasteiger partial charge in [-0.05, 0) is 75.1 Å². The number of carbonyl (C=O) groups is 6. The van der Waals surface area contributed by atoms with Crippen LogP contribution in [-0.2, 0) is 43.2 Å². The lowest BCUT2D eigenvalue weighted by molar-refractivity contribution is -0.133. The second kappa shape index (κ2) is 23.4. The molecule has 0 unspecified atom stereocenters. The Morgan fingerprint density at radius 3 is 2.26 bits per heavy atom. The first-order chi connectivity index (χ1) is 29.4. The summed E-state index contributed by atoms with van der Waals surface area (Å²) in [4.78, 5) is 93.9. The van der Waals surface area contributed by atoms with E-state index in [0.29, 0.717) is 38.0 Å². The fourth-order valence-electron chi connectivity index (χ4n) is 8.20. The van der Waals surface area contributed by atoms with Crippen LogP contribution in [0.25, 0.3) is 10.9 Å². The van der Waals surface area contributed by atoms with E-state index in [9.17, 15) is 28.8 Å². The van der Waals surface area contributed by atoms with Crippen LogP contribution in [0.1, 0.15) is 88.0 Å². The van der Waals surface area contributed by atoms with Crippen molar-refractivity contribution in [3.05, 3.63) is 90.1 Å². The number of carbonyl (C=O) groups excluding carboxylic acids is 6. The van der Waals surface area contributed by atoms with Crippen LogP contribution in [0.3, 0.4) is 0 Å². The van der Waals surface area contributed by atoms with Crippen LogP contribution in [0.5, 0.6) is 0 Å². The molecule has 5 rings (SSSR count). The molecule has 61 heavy (non-hydrogen) atoms. The van der Waals surface area contributed by atoms with Crippen molar-refractivity contribution < 1.29 is 28.8 Å². The third-order valence-corrected chi connectivity index (χ3v) is 11.9. The molecule has 2 aromatic carbocycles. The van der Waals surface area contributed by atoms with Gasteiger partial charge in [-0.15, -0.1) is 0 Å². The minimum Gasteiger partial charge on any atom is -0.369 e. The Kier molecular flexibility index (Phi) is 17.8. The van der Waals surface area contributed by atoms with Gasteiger partial charge in [0.2, 0.25) is 11.8 Å². The average Bonchev–Trinajstić information content (AvgIpc) is 3.93. The number of aromatic amines is 2. The van der Waals surface area contributed by atoms with Gasteiger partial charge in [0.05, 0.1) is 31.0 Å². The SMILES string of the molecule is C[C@H](NC(=O)N(CC(=O)[C@@H](N)Cc1cnc[nH]1)CC1CCCCC1)C(=O)C[C@@H](Cc1c[nH]c2ccccc12)C(=O)N[C@H](Cc1ccccc1)C(=O)C[C@@H](CCCCN)C(N)=O. The summed E-state index contributed by atoms with van der Waals surface area (Å²) in [6, 6.07) is 13.4. The van der Waals surface area contributed by atoms with Crippen molar-refractivity contribution in [3.63, 3.8) is 0 Å². The second-order valence-corrected chi connectivity index (χ2v) is 16.6. The molecule has 0 radical (unpaired) electrons. The van der Waals surface area contributed by atoms with Gasteiger partial charge in [0.15, 0.2) is 17.3 Å². The maximum Gasteiger partial charge on any atom is 0.318 e. The van der Waals surface area contributed by atoms with Crippen LogP contribution in [-0.4, -0.2) is 92.8 Å². The summed E-state index contributed by atoms with van der Waals surface area (Å²) < 4.78 is 0. The number of Topliss-reactive ketones (excluding diaryl/α,β-unsaturated/α-hetero) is 3. The van der Waals surface area contributed by atoms with E-state index in [1.807, 2.05) is 60.8 Å². The fraction of sp³-hybridized carbons (Fsp3) is 0.500. The lowest BCUT2D eigenvalue weighted by Gasteiger charge is -2.31. The number of fused-ring (bicyclic) bond motifs is 1. The maximum absolute atomic E-state index is 14.5. The lowest BCUT2D eigenvalue weighted by Crippen LogP contribution is -2.52. The van der Waals surface area contributed by atoms with Gasteiger partial charge in [0.1, 0.15) is 0 Å². The lowest BCUT2D eigenvalue weighted by atomic mass is 9.88. The molecule has 328 valence electrons. The molecule has 0 aliphatic heterocycles. The number of nitrogens with zero attached hydrogens (tertiary/aromatic N) is 2. The Morgan fingerprint density at radius 2 is 1.56 bits per heavy atom. The van der Waals surface area contributed by atoms with Crippen LogP contribution in [0.4, 0.5) is 4.79 Å². The highest BCUT2D eigenvalue weighted by molar-refractivity contribution is 5.96. The number of hydrogen-bond acceptors (Lipinski definition) is 9.